The van der Waals surface area contributed by atoms with E-state index in [1.54, 1.807) is 31.4 Å². The molecule has 3 N–H and O–H groups in total. The molecule has 42 heavy (non-hydrogen) atoms. The van der Waals surface area contributed by atoms with Crippen molar-refractivity contribution in [2.24, 2.45) is 0 Å². The summed E-state index contributed by atoms with van der Waals surface area (Å²) in [6, 6.07) is 34.5. The second-order valence-electron chi connectivity index (χ2n) is 9.90. The van der Waals surface area contributed by atoms with Crippen molar-refractivity contribution >= 4 is 5.76 Å². The van der Waals surface area contributed by atoms with Gasteiger partial charge < -0.3 is 39.0 Å². The number of aliphatic hydroxyl groups excluding tert-OH is 1. The van der Waals surface area contributed by atoms with E-state index in [4.69, 9.17) is 23.7 Å². The van der Waals surface area contributed by atoms with Crippen LogP contribution in [-0.4, -0.2) is 46.4 Å². The average Bonchev–Trinajstić information content (AvgIpc) is 3.04. The van der Waals surface area contributed by atoms with Crippen molar-refractivity contribution in [3.8, 4) is 5.75 Å². The largest absolute Gasteiger partial charge is 0.497 e. The van der Waals surface area contributed by atoms with Crippen LogP contribution in [0.15, 0.2) is 121 Å². The Bertz CT molecular complexity index is 1430. The molecule has 4 aromatic rings. The third kappa shape index (κ3) is 6.71. The Morgan fingerprint density at radius 3 is 1.71 bits per heavy atom. The van der Waals surface area contributed by atoms with Crippen molar-refractivity contribution in [1.82, 2.24) is 0 Å². The van der Waals surface area contributed by atoms with Gasteiger partial charge >= 0.3 is 0 Å². The summed E-state index contributed by atoms with van der Waals surface area (Å²) >= 11 is 0. The molecular formula is C34H34O8. The molecule has 1 aliphatic heterocycles. The molecule has 0 aliphatic carbocycles. The molecule has 1 aliphatic rings. The second kappa shape index (κ2) is 13.3. The maximum atomic E-state index is 12.2. The Kier molecular flexibility index (Phi) is 9.34. The molecule has 0 saturated carbocycles. The molecule has 0 spiro atoms. The van der Waals surface area contributed by atoms with Crippen molar-refractivity contribution < 1.29 is 39.0 Å². The third-order valence-corrected chi connectivity index (χ3v) is 6.98. The minimum Gasteiger partial charge on any atom is -0.497 e. The topological polar surface area (TPSA) is 107 Å². The van der Waals surface area contributed by atoms with Gasteiger partial charge in [-0.2, -0.15) is 0 Å². The molecule has 8 heteroatoms. The van der Waals surface area contributed by atoms with Crippen LogP contribution in [0, 0.1) is 0 Å². The summed E-state index contributed by atoms with van der Waals surface area (Å²) in [5, 5.41) is 35.6. The first-order valence-corrected chi connectivity index (χ1v) is 13.6. The Labute approximate surface area is 245 Å². The molecule has 1 heterocycles. The van der Waals surface area contributed by atoms with E-state index < -0.39 is 24.0 Å². The molecular weight excluding hydrogens is 536 g/mol. The number of hydrogen-bond donors (Lipinski definition) is 3. The standard InChI is InChI=1S/C34H34O8/c1-38-29-19-17-28(18-20-29)30-21-33(36,40-23-26-13-7-3-8-14-26)34(37,41-24-27-15-9-4-10-16-27)31(42-30)32(35)39-22-25-11-5-2-6-12-25/h2-21,31-32,35-37H,22-24H2,1H3/t31-,32?,33+,34+/m1/s1. The number of aliphatic hydroxyl groups is 3. The highest BCUT2D eigenvalue weighted by Crippen LogP contribution is 2.43. The van der Waals surface area contributed by atoms with Gasteiger partial charge in [0.25, 0.3) is 5.79 Å². The average molecular weight is 571 g/mol. The normalized spacial score (nSPS) is 22.6. The summed E-state index contributed by atoms with van der Waals surface area (Å²) in [6.45, 7) is -0.179. The van der Waals surface area contributed by atoms with E-state index in [1.807, 2.05) is 91.0 Å². The summed E-state index contributed by atoms with van der Waals surface area (Å²) in [7, 11) is 1.56. The van der Waals surface area contributed by atoms with Gasteiger partial charge in [0, 0.05) is 11.6 Å². The van der Waals surface area contributed by atoms with E-state index >= 15 is 0 Å². The zero-order valence-electron chi connectivity index (χ0n) is 23.2. The van der Waals surface area contributed by atoms with Gasteiger partial charge in [-0.3, -0.25) is 0 Å². The van der Waals surface area contributed by atoms with E-state index in [2.05, 4.69) is 0 Å². The minimum atomic E-state index is -2.61. The number of methoxy groups -OCH3 is 1. The Morgan fingerprint density at radius 2 is 1.19 bits per heavy atom. The van der Waals surface area contributed by atoms with E-state index in [9.17, 15) is 15.3 Å². The van der Waals surface area contributed by atoms with Crippen LogP contribution in [0.5, 0.6) is 5.75 Å². The quantitative estimate of drug-likeness (QED) is 0.209. The van der Waals surface area contributed by atoms with Gasteiger partial charge in [-0.15, -0.1) is 0 Å². The zero-order chi connectivity index (χ0) is 29.4. The summed E-state index contributed by atoms with van der Waals surface area (Å²) in [5.41, 5.74) is 2.81. The van der Waals surface area contributed by atoms with E-state index in [-0.39, 0.29) is 25.6 Å². The molecule has 0 amide bonds. The zero-order valence-corrected chi connectivity index (χ0v) is 23.2. The molecule has 5 rings (SSSR count). The van der Waals surface area contributed by atoms with Gasteiger partial charge in [0.2, 0.25) is 11.9 Å². The molecule has 0 fully saturated rings. The molecule has 0 aromatic heterocycles. The predicted octanol–water partition coefficient (Wildman–Crippen LogP) is 4.78. The maximum absolute atomic E-state index is 12.2. The lowest BCUT2D eigenvalue weighted by atomic mass is 9.92. The van der Waals surface area contributed by atoms with Gasteiger partial charge in [-0.25, -0.2) is 0 Å². The lowest BCUT2D eigenvalue weighted by molar-refractivity contribution is -0.420. The van der Waals surface area contributed by atoms with Gasteiger partial charge in [0.05, 0.1) is 26.9 Å². The SMILES string of the molecule is COc1ccc(C2=C[C@](O)(OCc3ccccc3)[C@@](O)(OCc3ccccc3)[C@@H](C(O)OCc3ccccc3)O2)cc1. The molecule has 4 aromatic carbocycles. The van der Waals surface area contributed by atoms with Crippen LogP contribution in [0.25, 0.3) is 5.76 Å². The highest BCUT2D eigenvalue weighted by atomic mass is 16.7. The molecule has 8 nitrogen and oxygen atoms in total. The van der Waals surface area contributed by atoms with Crippen molar-refractivity contribution in [3.63, 3.8) is 0 Å². The van der Waals surface area contributed by atoms with Crippen LogP contribution in [0.2, 0.25) is 0 Å². The van der Waals surface area contributed by atoms with E-state index in [0.29, 0.717) is 11.3 Å². The lowest BCUT2D eigenvalue weighted by Crippen LogP contribution is -2.68. The van der Waals surface area contributed by atoms with Crippen LogP contribution in [-0.2, 0) is 38.8 Å². The van der Waals surface area contributed by atoms with Crippen LogP contribution >= 0.6 is 0 Å². The van der Waals surface area contributed by atoms with Crippen LogP contribution in [0.1, 0.15) is 22.3 Å². The van der Waals surface area contributed by atoms with E-state index in [1.165, 1.54) is 6.08 Å². The van der Waals surface area contributed by atoms with Gasteiger partial charge in [0.1, 0.15) is 11.5 Å². The fraction of sp³-hybridized carbons (Fsp3) is 0.235. The molecule has 0 radical (unpaired) electrons. The Morgan fingerprint density at radius 1 is 0.690 bits per heavy atom. The Hall–Kier alpha value is -4.02. The smallest absolute Gasteiger partial charge is 0.269 e. The number of rotatable bonds is 12. The highest BCUT2D eigenvalue weighted by Gasteiger charge is 2.63. The van der Waals surface area contributed by atoms with Crippen LogP contribution < -0.4 is 4.74 Å². The summed E-state index contributed by atoms with van der Waals surface area (Å²) in [4.78, 5) is 0. The van der Waals surface area contributed by atoms with Crippen LogP contribution in [0.3, 0.4) is 0 Å². The molecule has 1 unspecified atom stereocenters. The number of ether oxygens (including phenoxy) is 5. The first-order chi connectivity index (χ1) is 20.4. The fourth-order valence-electron chi connectivity index (χ4n) is 4.60. The second-order valence-corrected chi connectivity index (χ2v) is 9.90. The van der Waals surface area contributed by atoms with Crippen molar-refractivity contribution in [2.75, 3.05) is 7.11 Å². The predicted molar refractivity (Wildman–Crippen MR) is 155 cm³/mol. The molecule has 0 bridgehead atoms. The number of benzene rings is 4. The summed E-state index contributed by atoms with van der Waals surface area (Å²) < 4.78 is 29.3. The van der Waals surface area contributed by atoms with E-state index in [0.717, 1.165) is 16.7 Å². The molecule has 218 valence electrons. The number of hydrogen-bond acceptors (Lipinski definition) is 8. The monoisotopic (exact) mass is 570 g/mol. The summed E-state index contributed by atoms with van der Waals surface area (Å²) in [5.74, 6) is -4.32. The molecule has 0 saturated heterocycles. The lowest BCUT2D eigenvalue weighted by Gasteiger charge is -2.48. The van der Waals surface area contributed by atoms with Crippen LogP contribution in [0.4, 0.5) is 0 Å². The highest BCUT2D eigenvalue weighted by molar-refractivity contribution is 5.63. The fourth-order valence-corrected chi connectivity index (χ4v) is 4.60. The van der Waals surface area contributed by atoms with Crippen molar-refractivity contribution in [1.29, 1.82) is 0 Å². The third-order valence-electron chi connectivity index (χ3n) is 6.98. The summed E-state index contributed by atoms with van der Waals surface area (Å²) in [6.07, 6.45) is -2.11. The maximum Gasteiger partial charge on any atom is 0.269 e. The Balaban J connectivity index is 1.53. The van der Waals surface area contributed by atoms with Gasteiger partial charge in [0.15, 0.2) is 6.29 Å². The minimum absolute atomic E-state index is 0.0154. The first kappa shape index (κ1) is 29.5. The van der Waals surface area contributed by atoms with Gasteiger partial charge in [-0.05, 0) is 41.0 Å². The van der Waals surface area contributed by atoms with Crippen molar-refractivity contribution in [2.45, 2.75) is 43.8 Å². The van der Waals surface area contributed by atoms with Gasteiger partial charge in [-0.1, -0.05) is 91.0 Å². The molecule has 4 atom stereocenters. The van der Waals surface area contributed by atoms with Crippen molar-refractivity contribution in [3.05, 3.63) is 144 Å². The first-order valence-electron chi connectivity index (χ1n) is 13.6.